The van der Waals surface area contributed by atoms with Gasteiger partial charge in [-0.1, -0.05) is 35.1 Å². The number of rotatable bonds is 8. The normalized spacial score (nSPS) is 15.5. The summed E-state index contributed by atoms with van der Waals surface area (Å²) in [4.78, 5) is 19.4. The smallest absolute Gasteiger partial charge is 0.188 e. The van der Waals surface area contributed by atoms with Gasteiger partial charge in [0.05, 0.1) is 23.4 Å². The lowest BCUT2D eigenvalue weighted by atomic mass is 10.2. The van der Waals surface area contributed by atoms with E-state index < -0.39 is 0 Å². The number of hydrogen-bond acceptors (Lipinski definition) is 9. The van der Waals surface area contributed by atoms with Crippen molar-refractivity contribution in [3.8, 4) is 0 Å². The molecular weight excluding hydrogens is 458 g/mol. The first-order valence-corrected chi connectivity index (χ1v) is 12.3. The average Bonchev–Trinajstić information content (AvgIpc) is 3.25. The molecule has 0 saturated carbocycles. The first-order valence-electron chi connectivity index (χ1n) is 11.1. The number of nitrogens with one attached hydrogen (secondary N) is 2. The van der Waals surface area contributed by atoms with Crippen LogP contribution in [0.15, 0.2) is 30.5 Å². The van der Waals surface area contributed by atoms with Crippen LogP contribution in [0.5, 0.6) is 0 Å². The van der Waals surface area contributed by atoms with Crippen molar-refractivity contribution in [1.82, 2.24) is 19.9 Å². The number of aliphatic hydroxyl groups excluding tert-OH is 1. The Morgan fingerprint density at radius 1 is 1.18 bits per heavy atom. The molecular formula is C23H30ClN7OS. The van der Waals surface area contributed by atoms with E-state index in [1.165, 1.54) is 0 Å². The summed E-state index contributed by atoms with van der Waals surface area (Å²) in [5.74, 6) is 2.36. The van der Waals surface area contributed by atoms with Crippen molar-refractivity contribution in [2.45, 2.75) is 26.8 Å². The Hall–Kier alpha value is -2.46. The number of piperazine rings is 1. The lowest BCUT2D eigenvalue weighted by Gasteiger charge is -2.35. The van der Waals surface area contributed by atoms with Gasteiger partial charge in [0.15, 0.2) is 5.13 Å². The summed E-state index contributed by atoms with van der Waals surface area (Å²) in [6.45, 7) is 10.6. The summed E-state index contributed by atoms with van der Waals surface area (Å²) in [5.41, 5.74) is 2.06. The van der Waals surface area contributed by atoms with Gasteiger partial charge < -0.3 is 20.6 Å². The molecule has 8 nitrogen and oxygen atoms in total. The molecule has 176 valence electrons. The van der Waals surface area contributed by atoms with Gasteiger partial charge in [-0.3, -0.25) is 4.90 Å². The third-order valence-electron chi connectivity index (χ3n) is 5.71. The fraction of sp³-hybridized carbons (Fsp3) is 0.435. The van der Waals surface area contributed by atoms with E-state index in [1.807, 2.05) is 44.3 Å². The van der Waals surface area contributed by atoms with Gasteiger partial charge in [-0.15, -0.1) is 0 Å². The molecule has 1 fully saturated rings. The molecule has 1 saturated heterocycles. The van der Waals surface area contributed by atoms with Crippen LogP contribution >= 0.6 is 22.9 Å². The summed E-state index contributed by atoms with van der Waals surface area (Å²) in [6.07, 6.45) is 1.88. The minimum absolute atomic E-state index is 0.0644. The van der Waals surface area contributed by atoms with Gasteiger partial charge >= 0.3 is 0 Å². The van der Waals surface area contributed by atoms with Crippen LogP contribution in [0.4, 0.5) is 22.5 Å². The summed E-state index contributed by atoms with van der Waals surface area (Å²) < 4.78 is 0. The number of β-amino-alcohol motifs (C(OH)–C–C–N with tert-alkyl or cyclic N) is 1. The molecule has 1 aliphatic heterocycles. The monoisotopic (exact) mass is 487 g/mol. The number of nitrogens with zero attached hydrogens (tertiary/aromatic N) is 5. The minimum Gasteiger partial charge on any atom is -0.395 e. The van der Waals surface area contributed by atoms with Crippen LogP contribution in [0, 0.1) is 13.8 Å². The van der Waals surface area contributed by atoms with E-state index in [0.29, 0.717) is 10.8 Å². The zero-order valence-corrected chi connectivity index (χ0v) is 20.7. The van der Waals surface area contributed by atoms with Crippen molar-refractivity contribution in [2.75, 3.05) is 54.9 Å². The second-order valence-corrected chi connectivity index (χ2v) is 9.67. The predicted octanol–water partition coefficient (Wildman–Crippen LogP) is 4.23. The summed E-state index contributed by atoms with van der Waals surface area (Å²) >= 11 is 7.96. The topological polar surface area (TPSA) is 89.4 Å². The Morgan fingerprint density at radius 3 is 2.70 bits per heavy atom. The summed E-state index contributed by atoms with van der Waals surface area (Å²) in [5, 5.41) is 17.5. The standard InChI is InChI=1S/C23H30ClN7OS/c1-15-5-4-6-18(24)22(15)26-16(2)19-14-25-23(33-19)29-20-13-21(28-17(3)27-20)31-9-7-30(8-10-31)11-12-32/h4-6,13-14,16,26,32H,7-12H2,1-3H3,(H,25,27,28,29). The summed E-state index contributed by atoms with van der Waals surface area (Å²) in [7, 11) is 0. The second kappa shape index (κ2) is 10.6. The number of para-hydroxylation sites is 1. The molecule has 1 atom stereocenters. The maximum atomic E-state index is 9.15. The second-order valence-electron chi connectivity index (χ2n) is 8.20. The molecule has 0 amide bonds. The van der Waals surface area contributed by atoms with Gasteiger partial charge in [0.2, 0.25) is 0 Å². The van der Waals surface area contributed by atoms with Gasteiger partial charge in [0.25, 0.3) is 0 Å². The van der Waals surface area contributed by atoms with E-state index in [2.05, 4.69) is 42.3 Å². The molecule has 1 aliphatic rings. The fourth-order valence-corrected chi connectivity index (χ4v) is 4.98. The largest absolute Gasteiger partial charge is 0.395 e. The highest BCUT2D eigenvalue weighted by molar-refractivity contribution is 7.15. The number of aryl methyl sites for hydroxylation is 2. The number of thiazole rings is 1. The number of aliphatic hydroxyl groups is 1. The van der Waals surface area contributed by atoms with E-state index in [9.17, 15) is 0 Å². The van der Waals surface area contributed by atoms with Crippen LogP contribution in [0.3, 0.4) is 0 Å². The summed E-state index contributed by atoms with van der Waals surface area (Å²) in [6, 6.07) is 7.93. The lowest BCUT2D eigenvalue weighted by Crippen LogP contribution is -2.47. The lowest BCUT2D eigenvalue weighted by molar-refractivity contribution is 0.188. The van der Waals surface area contributed by atoms with Crippen molar-refractivity contribution in [3.63, 3.8) is 0 Å². The van der Waals surface area contributed by atoms with Crippen molar-refractivity contribution >= 4 is 45.4 Å². The van der Waals surface area contributed by atoms with Gasteiger partial charge in [-0.05, 0) is 32.4 Å². The molecule has 0 bridgehead atoms. The van der Waals surface area contributed by atoms with E-state index in [4.69, 9.17) is 16.7 Å². The molecule has 1 unspecified atom stereocenters. The Labute approximate surface area is 203 Å². The van der Waals surface area contributed by atoms with Gasteiger partial charge in [0, 0.05) is 49.9 Å². The number of hydrogen-bond donors (Lipinski definition) is 3. The maximum Gasteiger partial charge on any atom is 0.188 e. The fourth-order valence-electron chi connectivity index (χ4n) is 3.88. The molecule has 33 heavy (non-hydrogen) atoms. The highest BCUT2D eigenvalue weighted by Crippen LogP contribution is 2.33. The zero-order chi connectivity index (χ0) is 23.4. The molecule has 3 aromatic rings. The molecule has 2 aromatic heterocycles. The van der Waals surface area contributed by atoms with Crippen LogP contribution in [0.1, 0.15) is 29.2 Å². The van der Waals surface area contributed by atoms with Crippen LogP contribution in [0.2, 0.25) is 5.02 Å². The molecule has 3 heterocycles. The van der Waals surface area contributed by atoms with E-state index in [-0.39, 0.29) is 12.6 Å². The quantitative estimate of drug-likeness (QED) is 0.435. The molecule has 3 N–H and O–H groups in total. The van der Waals surface area contributed by atoms with Crippen molar-refractivity contribution < 1.29 is 5.11 Å². The van der Waals surface area contributed by atoms with Crippen molar-refractivity contribution in [3.05, 3.63) is 51.7 Å². The van der Waals surface area contributed by atoms with Crippen LogP contribution in [0.25, 0.3) is 0 Å². The van der Waals surface area contributed by atoms with Crippen LogP contribution in [-0.2, 0) is 0 Å². The maximum absolute atomic E-state index is 9.15. The molecule has 0 aliphatic carbocycles. The van der Waals surface area contributed by atoms with Crippen molar-refractivity contribution in [2.24, 2.45) is 0 Å². The van der Waals surface area contributed by atoms with E-state index >= 15 is 0 Å². The number of benzene rings is 1. The van der Waals surface area contributed by atoms with Gasteiger partial charge in [-0.2, -0.15) is 0 Å². The van der Waals surface area contributed by atoms with Crippen LogP contribution < -0.4 is 15.5 Å². The molecule has 1 aromatic carbocycles. The highest BCUT2D eigenvalue weighted by Gasteiger charge is 2.19. The van der Waals surface area contributed by atoms with Crippen molar-refractivity contribution in [1.29, 1.82) is 0 Å². The van der Waals surface area contributed by atoms with Gasteiger partial charge in [-0.25, -0.2) is 15.0 Å². The molecule has 0 spiro atoms. The first kappa shape index (κ1) is 23.7. The van der Waals surface area contributed by atoms with Crippen LogP contribution in [-0.4, -0.2) is 64.3 Å². The molecule has 10 heteroatoms. The Morgan fingerprint density at radius 2 is 1.97 bits per heavy atom. The molecule has 0 radical (unpaired) electrons. The average molecular weight is 488 g/mol. The minimum atomic E-state index is 0.0644. The van der Waals surface area contributed by atoms with E-state index in [0.717, 1.165) is 65.6 Å². The SMILES string of the molecule is Cc1nc(Nc2ncc(C(C)Nc3c(C)cccc3Cl)s2)cc(N2CCN(CCO)CC2)n1. The number of halogens is 1. The zero-order valence-electron chi connectivity index (χ0n) is 19.2. The third kappa shape index (κ3) is 5.92. The third-order valence-corrected chi connectivity index (χ3v) is 7.12. The predicted molar refractivity (Wildman–Crippen MR) is 136 cm³/mol. The number of anilines is 4. The van der Waals surface area contributed by atoms with Gasteiger partial charge in [0.1, 0.15) is 17.5 Å². The molecule has 4 rings (SSSR count). The Kier molecular flexibility index (Phi) is 7.64. The first-order chi connectivity index (χ1) is 15.9. The Balaban J connectivity index is 1.43. The Bertz CT molecular complexity index is 1060. The van der Waals surface area contributed by atoms with E-state index in [1.54, 1.807) is 11.3 Å². The number of aromatic nitrogens is 3. The highest BCUT2D eigenvalue weighted by atomic mass is 35.5.